The second-order valence-corrected chi connectivity index (χ2v) is 5.31. The SMILES string of the molecule is CCCCCCC(C)NCc1ccc(C(N)=NO)cc1. The summed E-state index contributed by atoms with van der Waals surface area (Å²) in [5.41, 5.74) is 7.48. The first-order valence-corrected chi connectivity index (χ1v) is 7.47. The molecule has 0 saturated heterocycles. The average molecular weight is 277 g/mol. The van der Waals surface area contributed by atoms with Gasteiger partial charge >= 0.3 is 0 Å². The minimum absolute atomic E-state index is 0.147. The summed E-state index contributed by atoms with van der Waals surface area (Å²) in [5.74, 6) is 0.147. The summed E-state index contributed by atoms with van der Waals surface area (Å²) in [4.78, 5) is 0. The molecule has 0 aliphatic rings. The van der Waals surface area contributed by atoms with Gasteiger partial charge in [0, 0.05) is 18.2 Å². The van der Waals surface area contributed by atoms with E-state index in [2.05, 4.69) is 24.3 Å². The van der Waals surface area contributed by atoms with Crippen molar-refractivity contribution in [2.24, 2.45) is 10.9 Å². The third kappa shape index (κ3) is 6.06. The third-order valence-electron chi connectivity index (χ3n) is 3.50. The molecule has 0 saturated carbocycles. The number of unbranched alkanes of at least 4 members (excludes halogenated alkanes) is 3. The van der Waals surface area contributed by atoms with Gasteiger partial charge in [-0.05, 0) is 18.9 Å². The predicted octanol–water partition coefficient (Wildman–Crippen LogP) is 3.23. The number of hydrogen-bond donors (Lipinski definition) is 3. The van der Waals surface area contributed by atoms with Gasteiger partial charge in [0.2, 0.25) is 0 Å². The van der Waals surface area contributed by atoms with Crippen molar-refractivity contribution in [2.45, 2.75) is 58.5 Å². The Hall–Kier alpha value is -1.55. The van der Waals surface area contributed by atoms with Gasteiger partial charge in [-0.1, -0.05) is 62.0 Å². The molecule has 4 heteroatoms. The molecular formula is C16H27N3O. The third-order valence-corrected chi connectivity index (χ3v) is 3.50. The molecule has 1 aromatic rings. The molecular weight excluding hydrogens is 250 g/mol. The van der Waals surface area contributed by atoms with E-state index < -0.39 is 0 Å². The van der Waals surface area contributed by atoms with E-state index in [1.165, 1.54) is 37.7 Å². The summed E-state index contributed by atoms with van der Waals surface area (Å²) in [6.07, 6.45) is 6.47. The molecule has 20 heavy (non-hydrogen) atoms. The molecule has 4 N–H and O–H groups in total. The van der Waals surface area contributed by atoms with Gasteiger partial charge in [-0.15, -0.1) is 0 Å². The van der Waals surface area contributed by atoms with Gasteiger partial charge in [0.1, 0.15) is 0 Å². The van der Waals surface area contributed by atoms with Crippen LogP contribution in [0.4, 0.5) is 0 Å². The first-order valence-electron chi connectivity index (χ1n) is 7.47. The highest BCUT2D eigenvalue weighted by Gasteiger charge is 2.03. The molecule has 1 rings (SSSR count). The van der Waals surface area contributed by atoms with Crippen molar-refractivity contribution in [3.05, 3.63) is 35.4 Å². The standard InChI is InChI=1S/C16H27N3O/c1-3-4-5-6-7-13(2)18-12-14-8-10-15(11-9-14)16(17)19-20/h8-11,13,18,20H,3-7,12H2,1-2H3,(H2,17,19). The van der Waals surface area contributed by atoms with Crippen molar-refractivity contribution < 1.29 is 5.21 Å². The van der Waals surface area contributed by atoms with Crippen molar-refractivity contribution in [1.82, 2.24) is 5.32 Å². The number of hydrogen-bond acceptors (Lipinski definition) is 3. The lowest BCUT2D eigenvalue weighted by Crippen LogP contribution is -2.25. The molecule has 0 aliphatic carbocycles. The minimum atomic E-state index is 0.147. The maximum Gasteiger partial charge on any atom is 0.170 e. The van der Waals surface area contributed by atoms with Gasteiger partial charge in [0.25, 0.3) is 0 Å². The van der Waals surface area contributed by atoms with Crippen LogP contribution in [-0.2, 0) is 6.54 Å². The van der Waals surface area contributed by atoms with Gasteiger partial charge in [-0.25, -0.2) is 0 Å². The second-order valence-electron chi connectivity index (χ2n) is 5.31. The van der Waals surface area contributed by atoms with Crippen molar-refractivity contribution >= 4 is 5.84 Å². The number of oxime groups is 1. The zero-order valence-electron chi connectivity index (χ0n) is 12.6. The smallest absolute Gasteiger partial charge is 0.170 e. The van der Waals surface area contributed by atoms with Crippen LogP contribution in [0.2, 0.25) is 0 Å². The van der Waals surface area contributed by atoms with Crippen molar-refractivity contribution in [3.63, 3.8) is 0 Å². The highest BCUT2D eigenvalue weighted by molar-refractivity contribution is 5.96. The van der Waals surface area contributed by atoms with E-state index >= 15 is 0 Å². The molecule has 0 fully saturated rings. The maximum atomic E-state index is 8.60. The highest BCUT2D eigenvalue weighted by atomic mass is 16.4. The normalized spacial score (nSPS) is 13.4. The van der Waals surface area contributed by atoms with Gasteiger partial charge in [-0.2, -0.15) is 0 Å². The Balaban J connectivity index is 2.31. The van der Waals surface area contributed by atoms with Crippen LogP contribution >= 0.6 is 0 Å². The monoisotopic (exact) mass is 277 g/mol. The molecule has 1 aromatic carbocycles. The van der Waals surface area contributed by atoms with Crippen LogP contribution in [0.25, 0.3) is 0 Å². The van der Waals surface area contributed by atoms with E-state index in [-0.39, 0.29) is 5.84 Å². The largest absolute Gasteiger partial charge is 0.409 e. The zero-order valence-corrected chi connectivity index (χ0v) is 12.6. The molecule has 0 radical (unpaired) electrons. The van der Waals surface area contributed by atoms with Crippen LogP contribution in [0, 0.1) is 0 Å². The Labute approximate surface area is 122 Å². The average Bonchev–Trinajstić information content (AvgIpc) is 2.49. The molecule has 1 atom stereocenters. The Morgan fingerprint density at radius 2 is 1.95 bits per heavy atom. The summed E-state index contributed by atoms with van der Waals surface area (Å²) >= 11 is 0. The number of nitrogens with one attached hydrogen (secondary N) is 1. The quantitative estimate of drug-likeness (QED) is 0.213. The maximum absolute atomic E-state index is 8.60. The van der Waals surface area contributed by atoms with E-state index in [0.29, 0.717) is 6.04 Å². The molecule has 112 valence electrons. The van der Waals surface area contributed by atoms with Crippen molar-refractivity contribution in [3.8, 4) is 0 Å². The molecule has 1 unspecified atom stereocenters. The Bertz CT molecular complexity index is 401. The van der Waals surface area contributed by atoms with Gasteiger partial charge in [0.05, 0.1) is 0 Å². The zero-order chi connectivity index (χ0) is 14.8. The molecule has 0 aliphatic heterocycles. The van der Waals surface area contributed by atoms with Gasteiger partial charge in [-0.3, -0.25) is 0 Å². The number of nitrogens with zero attached hydrogens (tertiary/aromatic N) is 1. The Morgan fingerprint density at radius 3 is 2.55 bits per heavy atom. The van der Waals surface area contributed by atoms with Gasteiger partial charge < -0.3 is 16.3 Å². The van der Waals surface area contributed by atoms with E-state index in [1.807, 2.05) is 24.3 Å². The topological polar surface area (TPSA) is 70.6 Å². The fourth-order valence-electron chi connectivity index (χ4n) is 2.12. The lowest BCUT2D eigenvalue weighted by atomic mass is 10.1. The summed E-state index contributed by atoms with van der Waals surface area (Å²) in [7, 11) is 0. The number of nitrogens with two attached hydrogens (primary N) is 1. The number of benzene rings is 1. The highest BCUT2D eigenvalue weighted by Crippen LogP contribution is 2.07. The Morgan fingerprint density at radius 1 is 1.25 bits per heavy atom. The van der Waals surface area contributed by atoms with Gasteiger partial charge in [0.15, 0.2) is 5.84 Å². The first-order chi connectivity index (χ1) is 9.67. The molecule has 0 heterocycles. The van der Waals surface area contributed by atoms with Crippen LogP contribution in [0.5, 0.6) is 0 Å². The summed E-state index contributed by atoms with van der Waals surface area (Å²) in [6.45, 7) is 5.32. The van der Waals surface area contributed by atoms with E-state index in [1.54, 1.807) is 0 Å². The molecule has 0 spiro atoms. The lowest BCUT2D eigenvalue weighted by molar-refractivity contribution is 0.318. The van der Waals surface area contributed by atoms with Crippen LogP contribution in [0.3, 0.4) is 0 Å². The van der Waals surface area contributed by atoms with Crippen molar-refractivity contribution in [2.75, 3.05) is 0 Å². The number of amidine groups is 1. The molecule has 4 nitrogen and oxygen atoms in total. The van der Waals surface area contributed by atoms with Crippen LogP contribution in [0.1, 0.15) is 57.1 Å². The summed E-state index contributed by atoms with van der Waals surface area (Å²) < 4.78 is 0. The van der Waals surface area contributed by atoms with Crippen LogP contribution < -0.4 is 11.1 Å². The van der Waals surface area contributed by atoms with Crippen molar-refractivity contribution in [1.29, 1.82) is 0 Å². The van der Waals surface area contributed by atoms with Crippen LogP contribution in [0.15, 0.2) is 29.4 Å². The minimum Gasteiger partial charge on any atom is -0.409 e. The summed E-state index contributed by atoms with van der Waals surface area (Å²) in [5, 5.41) is 15.1. The van der Waals surface area contributed by atoms with E-state index in [4.69, 9.17) is 10.9 Å². The van der Waals surface area contributed by atoms with E-state index in [0.717, 1.165) is 12.1 Å². The fraction of sp³-hybridized carbons (Fsp3) is 0.562. The Kier molecular flexibility index (Phi) is 7.73. The van der Waals surface area contributed by atoms with E-state index in [9.17, 15) is 0 Å². The lowest BCUT2D eigenvalue weighted by Gasteiger charge is -2.13. The predicted molar refractivity (Wildman–Crippen MR) is 84.0 cm³/mol. The molecule has 0 aromatic heterocycles. The fourth-order valence-corrected chi connectivity index (χ4v) is 2.12. The molecule has 0 amide bonds. The van der Waals surface area contributed by atoms with Crippen LogP contribution in [-0.4, -0.2) is 17.1 Å². The number of rotatable bonds is 9. The molecule has 0 bridgehead atoms. The summed E-state index contributed by atoms with van der Waals surface area (Å²) in [6, 6.07) is 8.29. The first kappa shape index (κ1) is 16.5. The second kappa shape index (κ2) is 9.37.